The number of benzene rings is 2. The number of para-hydroxylation sites is 1. The Hall–Kier alpha value is -3.07. The van der Waals surface area contributed by atoms with Gasteiger partial charge in [0.2, 0.25) is 21.7 Å². The van der Waals surface area contributed by atoms with Crippen molar-refractivity contribution in [1.82, 2.24) is 10.1 Å². The summed E-state index contributed by atoms with van der Waals surface area (Å²) in [6.45, 7) is -0.0663. The normalized spacial score (nSPS) is 11.2. The second-order valence-corrected chi connectivity index (χ2v) is 7.59. The molecular weight excluding hydrogens is 370 g/mol. The monoisotopic (exact) mass is 389 g/mol. The van der Waals surface area contributed by atoms with Gasteiger partial charge in [0.15, 0.2) is 11.5 Å². The summed E-state index contributed by atoms with van der Waals surface area (Å²) in [5.74, 6) is 1.61. The molecule has 0 radical (unpaired) electrons. The first kappa shape index (κ1) is 18.7. The Labute approximate surface area is 157 Å². The molecule has 1 heterocycles. The van der Waals surface area contributed by atoms with Crippen molar-refractivity contribution in [2.75, 3.05) is 24.8 Å². The van der Waals surface area contributed by atoms with Gasteiger partial charge >= 0.3 is 0 Å². The van der Waals surface area contributed by atoms with Crippen LogP contribution in [0.2, 0.25) is 0 Å². The Morgan fingerprint density at radius 2 is 1.74 bits per heavy atom. The summed E-state index contributed by atoms with van der Waals surface area (Å²) in [6, 6.07) is 14.0. The Morgan fingerprint density at radius 1 is 1.04 bits per heavy atom. The molecule has 0 atom stereocenters. The number of ether oxygens (including phenoxy) is 2. The predicted octanol–water partition coefficient (Wildman–Crippen LogP) is 2.72. The predicted molar refractivity (Wildman–Crippen MR) is 100 cm³/mol. The van der Waals surface area contributed by atoms with Crippen LogP contribution in [0.1, 0.15) is 5.89 Å². The van der Waals surface area contributed by atoms with Crippen LogP contribution in [-0.4, -0.2) is 39.0 Å². The average molecular weight is 389 g/mol. The van der Waals surface area contributed by atoms with Crippen LogP contribution < -0.4 is 13.8 Å². The molecule has 0 amide bonds. The molecule has 0 aliphatic heterocycles. The second-order valence-electron chi connectivity index (χ2n) is 5.69. The zero-order chi connectivity index (χ0) is 19.4. The third-order valence-corrected chi connectivity index (χ3v) is 4.97. The Kier molecular flexibility index (Phi) is 5.31. The molecule has 142 valence electrons. The van der Waals surface area contributed by atoms with Gasteiger partial charge in [-0.3, -0.25) is 4.31 Å². The zero-order valence-electron chi connectivity index (χ0n) is 15.1. The first-order chi connectivity index (χ1) is 12.9. The topological polar surface area (TPSA) is 94.8 Å². The van der Waals surface area contributed by atoms with Crippen LogP contribution in [-0.2, 0) is 16.6 Å². The molecule has 9 heteroatoms. The number of hydrogen-bond donors (Lipinski definition) is 0. The maximum absolute atomic E-state index is 12.2. The van der Waals surface area contributed by atoms with E-state index in [1.807, 2.05) is 6.07 Å². The summed E-state index contributed by atoms with van der Waals surface area (Å²) in [4.78, 5) is 4.31. The fraction of sp³-hybridized carbons (Fsp3) is 0.222. The van der Waals surface area contributed by atoms with Crippen LogP contribution >= 0.6 is 0 Å². The lowest BCUT2D eigenvalue weighted by atomic mass is 10.2. The van der Waals surface area contributed by atoms with Crippen molar-refractivity contribution in [2.45, 2.75) is 6.54 Å². The highest BCUT2D eigenvalue weighted by atomic mass is 32.2. The lowest BCUT2D eigenvalue weighted by Crippen LogP contribution is -2.29. The molecule has 2 aromatic carbocycles. The number of anilines is 1. The molecular formula is C18H19N3O5S. The van der Waals surface area contributed by atoms with E-state index in [2.05, 4.69) is 10.1 Å². The number of aromatic nitrogens is 2. The van der Waals surface area contributed by atoms with E-state index in [1.54, 1.807) is 49.6 Å². The number of sulfonamides is 1. The van der Waals surface area contributed by atoms with E-state index in [-0.39, 0.29) is 12.4 Å². The highest BCUT2D eigenvalue weighted by Gasteiger charge is 2.21. The fourth-order valence-corrected chi connectivity index (χ4v) is 3.38. The highest BCUT2D eigenvalue weighted by molar-refractivity contribution is 7.92. The van der Waals surface area contributed by atoms with E-state index >= 15 is 0 Å². The summed E-state index contributed by atoms with van der Waals surface area (Å²) in [5, 5.41) is 3.94. The van der Waals surface area contributed by atoms with Crippen LogP contribution in [0, 0.1) is 0 Å². The third-order valence-electron chi connectivity index (χ3n) is 3.83. The first-order valence-electron chi connectivity index (χ1n) is 8.00. The molecule has 8 nitrogen and oxygen atoms in total. The van der Waals surface area contributed by atoms with Gasteiger partial charge in [0, 0.05) is 5.56 Å². The van der Waals surface area contributed by atoms with Gasteiger partial charge < -0.3 is 14.0 Å². The lowest BCUT2D eigenvalue weighted by molar-refractivity contribution is 0.355. The van der Waals surface area contributed by atoms with Crippen molar-refractivity contribution < 1.29 is 22.4 Å². The van der Waals surface area contributed by atoms with Gasteiger partial charge in [-0.1, -0.05) is 23.4 Å². The Bertz CT molecular complexity index is 1020. The molecule has 0 bridgehead atoms. The van der Waals surface area contributed by atoms with Crippen LogP contribution in [0.15, 0.2) is 53.1 Å². The summed E-state index contributed by atoms with van der Waals surface area (Å²) in [5.41, 5.74) is 1.18. The molecule has 0 aliphatic rings. The largest absolute Gasteiger partial charge is 0.493 e. The summed E-state index contributed by atoms with van der Waals surface area (Å²) in [7, 11) is -0.438. The molecule has 3 aromatic rings. The fourth-order valence-electron chi connectivity index (χ4n) is 2.53. The quantitative estimate of drug-likeness (QED) is 0.613. The highest BCUT2D eigenvalue weighted by Crippen LogP contribution is 2.31. The molecule has 0 aliphatic carbocycles. The minimum Gasteiger partial charge on any atom is -0.493 e. The smallest absolute Gasteiger partial charge is 0.247 e. The van der Waals surface area contributed by atoms with Gasteiger partial charge in [-0.15, -0.1) is 0 Å². The van der Waals surface area contributed by atoms with Crippen LogP contribution in [0.5, 0.6) is 11.5 Å². The summed E-state index contributed by atoms with van der Waals surface area (Å²) >= 11 is 0. The van der Waals surface area contributed by atoms with Gasteiger partial charge in [0.05, 0.1) is 26.2 Å². The molecule has 0 N–H and O–H groups in total. The third kappa shape index (κ3) is 4.20. The van der Waals surface area contributed by atoms with Crippen LogP contribution in [0.3, 0.4) is 0 Å². The van der Waals surface area contributed by atoms with Gasteiger partial charge in [0.25, 0.3) is 0 Å². The maximum atomic E-state index is 12.2. The molecule has 0 saturated heterocycles. The lowest BCUT2D eigenvalue weighted by Gasteiger charge is -2.20. The minimum absolute atomic E-state index is 0.0663. The van der Waals surface area contributed by atoms with E-state index in [0.717, 1.165) is 6.26 Å². The Morgan fingerprint density at radius 3 is 2.37 bits per heavy atom. The van der Waals surface area contributed by atoms with Crippen molar-refractivity contribution in [3.8, 4) is 22.9 Å². The summed E-state index contributed by atoms with van der Waals surface area (Å²) < 4.78 is 41.3. The van der Waals surface area contributed by atoms with Crippen molar-refractivity contribution in [3.05, 3.63) is 54.4 Å². The SMILES string of the molecule is COc1ccc(-c2noc(CN(c3ccccc3)S(C)(=O)=O)n2)cc1OC. The average Bonchev–Trinajstić information content (AvgIpc) is 3.14. The Balaban J connectivity index is 1.89. The molecule has 0 unspecified atom stereocenters. The second kappa shape index (κ2) is 7.67. The van der Waals surface area contributed by atoms with Crippen molar-refractivity contribution in [2.24, 2.45) is 0 Å². The van der Waals surface area contributed by atoms with Crippen molar-refractivity contribution >= 4 is 15.7 Å². The number of nitrogens with zero attached hydrogens (tertiary/aromatic N) is 3. The maximum Gasteiger partial charge on any atom is 0.247 e. The van der Waals surface area contributed by atoms with E-state index in [1.165, 1.54) is 11.4 Å². The van der Waals surface area contributed by atoms with Gasteiger partial charge in [0.1, 0.15) is 6.54 Å². The molecule has 3 rings (SSSR count). The van der Waals surface area contributed by atoms with Crippen molar-refractivity contribution in [1.29, 1.82) is 0 Å². The molecule has 0 spiro atoms. The van der Waals surface area contributed by atoms with Gasteiger partial charge in [-0.2, -0.15) is 4.98 Å². The first-order valence-corrected chi connectivity index (χ1v) is 9.85. The number of methoxy groups -OCH3 is 2. The number of rotatable bonds is 7. The molecule has 0 saturated carbocycles. The van der Waals surface area contributed by atoms with Gasteiger partial charge in [-0.25, -0.2) is 8.42 Å². The standard InChI is InChI=1S/C18H19N3O5S/c1-24-15-10-9-13(11-16(15)25-2)18-19-17(26-20-18)12-21(27(3,22)23)14-7-5-4-6-8-14/h4-11H,12H2,1-3H3. The van der Waals surface area contributed by atoms with E-state index in [9.17, 15) is 8.42 Å². The van der Waals surface area contributed by atoms with Crippen LogP contribution in [0.4, 0.5) is 5.69 Å². The van der Waals surface area contributed by atoms with Crippen molar-refractivity contribution in [3.63, 3.8) is 0 Å². The van der Waals surface area contributed by atoms with Crippen LogP contribution in [0.25, 0.3) is 11.4 Å². The minimum atomic E-state index is -3.52. The van der Waals surface area contributed by atoms with E-state index < -0.39 is 10.0 Å². The number of hydrogen-bond acceptors (Lipinski definition) is 7. The van der Waals surface area contributed by atoms with E-state index in [0.29, 0.717) is 28.6 Å². The summed E-state index contributed by atoms with van der Waals surface area (Å²) in [6.07, 6.45) is 1.13. The van der Waals surface area contributed by atoms with Gasteiger partial charge in [-0.05, 0) is 30.3 Å². The zero-order valence-corrected chi connectivity index (χ0v) is 15.9. The molecule has 1 aromatic heterocycles. The molecule has 0 fully saturated rings. The van der Waals surface area contributed by atoms with E-state index in [4.69, 9.17) is 14.0 Å². The molecule has 27 heavy (non-hydrogen) atoms.